The lowest BCUT2D eigenvalue weighted by Gasteiger charge is -1.99. The molecular weight excluding hydrogens is 288 g/mol. The summed E-state index contributed by atoms with van der Waals surface area (Å²) >= 11 is 6.23. The second kappa shape index (κ2) is 4.46. The Morgan fingerprint density at radius 1 is 1.05 bits per heavy atom. The number of hydrogen-bond donors (Lipinski definition) is 1. The number of nitrogens with zero attached hydrogens (tertiary/aromatic N) is 1. The summed E-state index contributed by atoms with van der Waals surface area (Å²) in [5.74, 6) is 0.406. The predicted octanol–water partition coefficient (Wildman–Crippen LogP) is 3.99. The first-order chi connectivity index (χ1) is 10.2. The predicted molar refractivity (Wildman–Crippen MR) is 82.6 cm³/mol. The standard InChI is InChI=1S/C16H9ClN2O2/c17-10-7-4-8-11-12(10)14-13(15(20)18-11)19-16(21-14)9-5-2-1-3-6-9/h1-8H,(H,18,20). The molecule has 0 atom stereocenters. The minimum Gasteiger partial charge on any atom is -0.435 e. The number of oxazole rings is 1. The van der Waals surface area contributed by atoms with E-state index >= 15 is 0 Å². The van der Waals surface area contributed by atoms with E-state index < -0.39 is 0 Å². The summed E-state index contributed by atoms with van der Waals surface area (Å²) in [4.78, 5) is 19.2. The van der Waals surface area contributed by atoms with Crippen molar-refractivity contribution < 1.29 is 4.42 Å². The van der Waals surface area contributed by atoms with Crippen LogP contribution < -0.4 is 5.56 Å². The molecule has 0 amide bonds. The minimum absolute atomic E-state index is 0.259. The molecule has 2 aromatic carbocycles. The van der Waals surface area contributed by atoms with E-state index in [2.05, 4.69) is 9.97 Å². The lowest BCUT2D eigenvalue weighted by molar-refractivity contribution is 0.623. The molecule has 4 rings (SSSR count). The highest BCUT2D eigenvalue weighted by Crippen LogP contribution is 2.31. The van der Waals surface area contributed by atoms with Crippen molar-refractivity contribution in [1.29, 1.82) is 0 Å². The third-order valence-corrected chi connectivity index (χ3v) is 3.67. The summed E-state index contributed by atoms with van der Waals surface area (Å²) in [6.07, 6.45) is 0. The Hall–Kier alpha value is -2.59. The number of aromatic nitrogens is 2. The number of halogens is 1. The third-order valence-electron chi connectivity index (χ3n) is 3.35. The molecule has 2 aromatic heterocycles. The molecule has 0 bridgehead atoms. The number of pyridine rings is 1. The Balaban J connectivity index is 2.14. The number of rotatable bonds is 1. The maximum Gasteiger partial charge on any atom is 0.278 e. The molecule has 21 heavy (non-hydrogen) atoms. The van der Waals surface area contributed by atoms with E-state index in [0.717, 1.165) is 5.56 Å². The SMILES string of the molecule is O=c1[nH]c2cccc(Cl)c2c2oc(-c3ccccc3)nc12. The van der Waals surface area contributed by atoms with Crippen LogP contribution in [-0.4, -0.2) is 9.97 Å². The fourth-order valence-electron chi connectivity index (χ4n) is 2.39. The molecule has 1 N–H and O–H groups in total. The molecule has 0 aliphatic carbocycles. The smallest absolute Gasteiger partial charge is 0.278 e. The molecule has 102 valence electrons. The van der Waals surface area contributed by atoms with Crippen molar-refractivity contribution in [3.63, 3.8) is 0 Å². The molecule has 0 fully saturated rings. The van der Waals surface area contributed by atoms with Crippen LogP contribution in [0.25, 0.3) is 33.5 Å². The first kappa shape index (κ1) is 12.2. The number of benzene rings is 2. The maximum absolute atomic E-state index is 12.1. The molecule has 5 heteroatoms. The zero-order chi connectivity index (χ0) is 14.4. The van der Waals surface area contributed by atoms with Crippen molar-refractivity contribution in [2.75, 3.05) is 0 Å². The van der Waals surface area contributed by atoms with Crippen LogP contribution in [0, 0.1) is 0 Å². The van der Waals surface area contributed by atoms with Gasteiger partial charge in [-0.1, -0.05) is 35.9 Å². The molecular formula is C16H9ClN2O2. The molecule has 0 radical (unpaired) electrons. The number of H-pyrrole nitrogens is 1. The molecule has 2 heterocycles. The van der Waals surface area contributed by atoms with Gasteiger partial charge in [0.05, 0.1) is 15.9 Å². The van der Waals surface area contributed by atoms with Gasteiger partial charge >= 0.3 is 0 Å². The average molecular weight is 297 g/mol. The van der Waals surface area contributed by atoms with Gasteiger partial charge in [0.1, 0.15) is 0 Å². The van der Waals surface area contributed by atoms with Gasteiger partial charge < -0.3 is 9.40 Å². The molecule has 0 aliphatic heterocycles. The Labute approximate surface area is 124 Å². The fourth-order valence-corrected chi connectivity index (χ4v) is 2.65. The summed E-state index contributed by atoms with van der Waals surface area (Å²) in [5, 5.41) is 1.19. The quantitative estimate of drug-likeness (QED) is 0.578. The summed E-state index contributed by atoms with van der Waals surface area (Å²) in [7, 11) is 0. The van der Waals surface area contributed by atoms with E-state index in [1.54, 1.807) is 18.2 Å². The molecule has 0 saturated carbocycles. The van der Waals surface area contributed by atoms with Crippen LogP contribution in [0.3, 0.4) is 0 Å². The number of nitrogens with one attached hydrogen (secondary N) is 1. The normalized spacial score (nSPS) is 11.3. The van der Waals surface area contributed by atoms with Gasteiger partial charge in [-0.2, -0.15) is 0 Å². The lowest BCUT2D eigenvalue weighted by Crippen LogP contribution is -2.06. The van der Waals surface area contributed by atoms with Crippen LogP contribution in [0.4, 0.5) is 0 Å². The first-order valence-corrected chi connectivity index (χ1v) is 6.78. The Morgan fingerprint density at radius 3 is 2.67 bits per heavy atom. The Bertz CT molecular complexity index is 1020. The maximum atomic E-state index is 12.1. The largest absolute Gasteiger partial charge is 0.435 e. The van der Waals surface area contributed by atoms with E-state index in [9.17, 15) is 4.79 Å². The van der Waals surface area contributed by atoms with Gasteiger partial charge in [0.2, 0.25) is 5.89 Å². The summed E-state index contributed by atoms with van der Waals surface area (Å²) < 4.78 is 5.81. The van der Waals surface area contributed by atoms with Gasteiger partial charge in [0.15, 0.2) is 11.1 Å². The van der Waals surface area contributed by atoms with Crippen molar-refractivity contribution in [2.24, 2.45) is 0 Å². The highest BCUT2D eigenvalue weighted by Gasteiger charge is 2.16. The molecule has 4 nitrogen and oxygen atoms in total. The number of hydrogen-bond acceptors (Lipinski definition) is 3. The molecule has 0 aliphatic rings. The molecule has 0 unspecified atom stereocenters. The molecule has 0 spiro atoms. The van der Waals surface area contributed by atoms with E-state index in [-0.39, 0.29) is 11.1 Å². The van der Waals surface area contributed by atoms with Crippen LogP contribution in [0.5, 0.6) is 0 Å². The van der Waals surface area contributed by atoms with Crippen molar-refractivity contribution in [3.8, 4) is 11.5 Å². The van der Waals surface area contributed by atoms with Crippen LogP contribution in [-0.2, 0) is 0 Å². The van der Waals surface area contributed by atoms with Crippen LogP contribution in [0.15, 0.2) is 57.7 Å². The van der Waals surface area contributed by atoms with Gasteiger partial charge in [-0.3, -0.25) is 4.79 Å². The monoisotopic (exact) mass is 296 g/mol. The Morgan fingerprint density at radius 2 is 1.86 bits per heavy atom. The zero-order valence-corrected chi connectivity index (χ0v) is 11.5. The number of fused-ring (bicyclic) bond motifs is 3. The Kier molecular flexibility index (Phi) is 2.59. The fraction of sp³-hybridized carbons (Fsp3) is 0. The van der Waals surface area contributed by atoms with Crippen molar-refractivity contribution in [2.45, 2.75) is 0 Å². The van der Waals surface area contributed by atoms with E-state index in [1.807, 2.05) is 30.3 Å². The van der Waals surface area contributed by atoms with E-state index in [1.165, 1.54) is 0 Å². The highest BCUT2D eigenvalue weighted by atomic mass is 35.5. The average Bonchev–Trinajstić information content (AvgIpc) is 2.94. The van der Waals surface area contributed by atoms with Gasteiger partial charge in [-0.25, -0.2) is 4.98 Å². The van der Waals surface area contributed by atoms with Crippen LogP contribution in [0.1, 0.15) is 0 Å². The van der Waals surface area contributed by atoms with Crippen LogP contribution >= 0.6 is 11.6 Å². The molecule has 0 saturated heterocycles. The van der Waals surface area contributed by atoms with E-state index in [0.29, 0.717) is 27.4 Å². The number of aromatic amines is 1. The highest BCUT2D eigenvalue weighted by molar-refractivity contribution is 6.37. The lowest BCUT2D eigenvalue weighted by atomic mass is 10.2. The van der Waals surface area contributed by atoms with Gasteiger partial charge in [-0.15, -0.1) is 0 Å². The van der Waals surface area contributed by atoms with Crippen molar-refractivity contribution >= 4 is 33.6 Å². The zero-order valence-electron chi connectivity index (χ0n) is 10.8. The summed E-state index contributed by atoms with van der Waals surface area (Å²) in [5.41, 5.74) is 1.84. The van der Waals surface area contributed by atoms with Gasteiger partial charge in [0, 0.05) is 5.56 Å². The first-order valence-electron chi connectivity index (χ1n) is 6.40. The van der Waals surface area contributed by atoms with E-state index in [4.69, 9.17) is 16.0 Å². The summed E-state index contributed by atoms with van der Waals surface area (Å²) in [6.45, 7) is 0. The minimum atomic E-state index is -0.286. The third kappa shape index (κ3) is 1.84. The van der Waals surface area contributed by atoms with Crippen molar-refractivity contribution in [3.05, 3.63) is 63.9 Å². The molecule has 4 aromatic rings. The van der Waals surface area contributed by atoms with Gasteiger partial charge in [0.25, 0.3) is 5.56 Å². The second-order valence-corrected chi connectivity index (χ2v) is 5.09. The summed E-state index contributed by atoms with van der Waals surface area (Å²) in [6, 6.07) is 14.8. The van der Waals surface area contributed by atoms with Crippen molar-refractivity contribution in [1.82, 2.24) is 9.97 Å². The van der Waals surface area contributed by atoms with Gasteiger partial charge in [-0.05, 0) is 24.3 Å². The second-order valence-electron chi connectivity index (χ2n) is 4.68. The van der Waals surface area contributed by atoms with Crippen LogP contribution in [0.2, 0.25) is 5.02 Å². The topological polar surface area (TPSA) is 58.9 Å².